The minimum atomic E-state index is -0.210. The van der Waals surface area contributed by atoms with E-state index < -0.39 is 0 Å². The fourth-order valence-corrected chi connectivity index (χ4v) is 4.09. The van der Waals surface area contributed by atoms with Crippen LogP contribution in [0.1, 0.15) is 41.4 Å². The van der Waals surface area contributed by atoms with Crippen molar-refractivity contribution in [2.24, 2.45) is 0 Å². The highest BCUT2D eigenvalue weighted by molar-refractivity contribution is 6.04. The molecule has 3 aromatic rings. The Hall–Kier alpha value is -2.92. The van der Waals surface area contributed by atoms with Crippen LogP contribution in [0.15, 0.2) is 71.3 Å². The van der Waals surface area contributed by atoms with Crippen molar-refractivity contribution in [1.29, 1.82) is 0 Å². The lowest BCUT2D eigenvalue weighted by Gasteiger charge is -2.38. The summed E-state index contributed by atoms with van der Waals surface area (Å²) in [5, 5.41) is 0. The van der Waals surface area contributed by atoms with E-state index in [2.05, 4.69) is 24.0 Å². The lowest BCUT2D eigenvalue weighted by atomic mass is 10.0. The van der Waals surface area contributed by atoms with E-state index >= 15 is 0 Å². The van der Waals surface area contributed by atoms with Gasteiger partial charge >= 0.3 is 0 Å². The van der Waals surface area contributed by atoms with Gasteiger partial charge in [0.15, 0.2) is 5.76 Å². The standard InChI is InChI=1S/C25H27FN2O2/c1-2-19-7-11-22(12-8-19)28(25(29)24-4-3-17-30-24)23-13-15-27(16-14-23)18-20-5-9-21(26)10-6-20/h3-12,17,23H,2,13-16,18H2,1H3. The van der Waals surface area contributed by atoms with E-state index in [1.165, 1.54) is 24.0 Å². The Morgan fingerprint density at radius 1 is 1.03 bits per heavy atom. The SMILES string of the molecule is CCc1ccc(N(C(=O)c2ccco2)C2CCN(Cc3ccc(F)cc3)CC2)cc1. The zero-order valence-corrected chi connectivity index (χ0v) is 17.3. The molecule has 30 heavy (non-hydrogen) atoms. The molecule has 1 saturated heterocycles. The van der Waals surface area contributed by atoms with Crippen molar-refractivity contribution >= 4 is 11.6 Å². The molecule has 4 nitrogen and oxygen atoms in total. The maximum absolute atomic E-state index is 13.2. The zero-order chi connectivity index (χ0) is 20.9. The number of furan rings is 1. The first-order valence-corrected chi connectivity index (χ1v) is 10.6. The molecular weight excluding hydrogens is 379 g/mol. The molecule has 1 aliphatic rings. The van der Waals surface area contributed by atoms with E-state index in [4.69, 9.17) is 4.42 Å². The Morgan fingerprint density at radius 2 is 1.70 bits per heavy atom. The highest BCUT2D eigenvalue weighted by atomic mass is 19.1. The van der Waals surface area contributed by atoms with Gasteiger partial charge < -0.3 is 9.32 Å². The number of hydrogen-bond donors (Lipinski definition) is 0. The maximum Gasteiger partial charge on any atom is 0.294 e. The second kappa shape index (κ2) is 9.26. The highest BCUT2D eigenvalue weighted by Crippen LogP contribution is 2.27. The van der Waals surface area contributed by atoms with E-state index in [0.29, 0.717) is 5.76 Å². The first-order valence-electron chi connectivity index (χ1n) is 10.6. The molecule has 1 aromatic heterocycles. The largest absolute Gasteiger partial charge is 0.459 e. The van der Waals surface area contributed by atoms with Crippen LogP contribution in [0.3, 0.4) is 0 Å². The summed E-state index contributed by atoms with van der Waals surface area (Å²) in [6.07, 6.45) is 4.26. The van der Waals surface area contributed by atoms with E-state index in [9.17, 15) is 9.18 Å². The third-order valence-corrected chi connectivity index (χ3v) is 5.82. The Bertz CT molecular complexity index is 944. The van der Waals surface area contributed by atoms with Crippen molar-refractivity contribution in [3.63, 3.8) is 0 Å². The highest BCUT2D eigenvalue weighted by Gasteiger charge is 2.31. The number of carbonyl (C=O) groups is 1. The average molecular weight is 407 g/mol. The van der Waals surface area contributed by atoms with Gasteiger partial charge in [-0.15, -0.1) is 0 Å². The van der Waals surface area contributed by atoms with Gasteiger partial charge in [-0.1, -0.05) is 31.2 Å². The molecule has 4 rings (SSSR count). The summed E-state index contributed by atoms with van der Waals surface area (Å²) in [4.78, 5) is 17.5. The third-order valence-electron chi connectivity index (χ3n) is 5.82. The second-order valence-corrected chi connectivity index (χ2v) is 7.81. The van der Waals surface area contributed by atoms with Crippen LogP contribution in [-0.2, 0) is 13.0 Å². The maximum atomic E-state index is 13.2. The predicted molar refractivity (Wildman–Crippen MR) is 116 cm³/mol. The van der Waals surface area contributed by atoms with Crippen molar-refractivity contribution in [1.82, 2.24) is 4.90 Å². The fourth-order valence-electron chi connectivity index (χ4n) is 4.09. The first-order chi connectivity index (χ1) is 14.6. The van der Waals surface area contributed by atoms with Crippen molar-refractivity contribution in [3.05, 3.63) is 89.6 Å². The average Bonchev–Trinajstić information content (AvgIpc) is 3.32. The summed E-state index contributed by atoms with van der Waals surface area (Å²) in [7, 11) is 0. The number of benzene rings is 2. The number of halogens is 1. The Labute approximate surface area is 176 Å². The van der Waals surface area contributed by atoms with Crippen LogP contribution in [0.4, 0.5) is 10.1 Å². The molecule has 0 atom stereocenters. The summed E-state index contributed by atoms with van der Waals surface area (Å²) >= 11 is 0. The Morgan fingerprint density at radius 3 is 2.30 bits per heavy atom. The van der Waals surface area contributed by atoms with Gasteiger partial charge in [0.1, 0.15) is 5.82 Å². The number of aryl methyl sites for hydroxylation is 1. The monoisotopic (exact) mass is 406 g/mol. The quantitative estimate of drug-likeness (QED) is 0.558. The molecule has 0 bridgehead atoms. The van der Waals surface area contributed by atoms with Gasteiger partial charge in [0.25, 0.3) is 5.91 Å². The molecule has 156 valence electrons. The van der Waals surface area contributed by atoms with Gasteiger partial charge in [-0.25, -0.2) is 4.39 Å². The fraction of sp³-hybridized carbons (Fsp3) is 0.320. The van der Waals surface area contributed by atoms with Gasteiger partial charge in [0.2, 0.25) is 0 Å². The number of nitrogens with zero attached hydrogens (tertiary/aromatic N) is 2. The number of hydrogen-bond acceptors (Lipinski definition) is 3. The first kappa shape index (κ1) is 20.4. The van der Waals surface area contributed by atoms with Crippen molar-refractivity contribution < 1.29 is 13.6 Å². The summed E-state index contributed by atoms with van der Waals surface area (Å²) in [5.41, 5.74) is 3.26. The molecule has 0 saturated carbocycles. The number of anilines is 1. The Kier molecular flexibility index (Phi) is 6.29. The van der Waals surface area contributed by atoms with E-state index in [0.717, 1.165) is 50.1 Å². The van der Waals surface area contributed by atoms with Crippen LogP contribution in [-0.4, -0.2) is 29.9 Å². The Balaban J connectivity index is 1.48. The smallest absolute Gasteiger partial charge is 0.294 e. The number of amides is 1. The van der Waals surface area contributed by atoms with Crippen LogP contribution >= 0.6 is 0 Å². The van der Waals surface area contributed by atoms with Crippen LogP contribution < -0.4 is 4.90 Å². The number of piperidine rings is 1. The number of rotatable bonds is 6. The molecule has 2 heterocycles. The minimum absolute atomic E-state index is 0.0961. The molecular formula is C25H27FN2O2. The third kappa shape index (κ3) is 4.62. The molecule has 1 aliphatic heterocycles. The van der Waals surface area contributed by atoms with Gasteiger partial charge in [0.05, 0.1) is 6.26 Å². The molecule has 0 unspecified atom stereocenters. The summed E-state index contributed by atoms with van der Waals surface area (Å²) in [6.45, 7) is 4.69. The molecule has 5 heteroatoms. The van der Waals surface area contributed by atoms with E-state index in [-0.39, 0.29) is 17.8 Å². The normalized spacial score (nSPS) is 15.3. The van der Waals surface area contributed by atoms with E-state index in [1.54, 1.807) is 12.1 Å². The predicted octanol–water partition coefficient (Wildman–Crippen LogP) is 5.29. The zero-order valence-electron chi connectivity index (χ0n) is 17.3. The van der Waals surface area contributed by atoms with Gasteiger partial charge in [-0.2, -0.15) is 0 Å². The van der Waals surface area contributed by atoms with Crippen LogP contribution in [0, 0.1) is 5.82 Å². The summed E-state index contributed by atoms with van der Waals surface area (Å²) in [6, 6.07) is 18.5. The van der Waals surface area contributed by atoms with Crippen LogP contribution in [0.25, 0.3) is 0 Å². The lowest BCUT2D eigenvalue weighted by Crippen LogP contribution is -2.47. The molecule has 1 fully saturated rings. The van der Waals surface area contributed by atoms with Crippen LogP contribution in [0.2, 0.25) is 0 Å². The van der Waals surface area contributed by atoms with E-state index in [1.807, 2.05) is 29.2 Å². The van der Waals surface area contributed by atoms with Crippen molar-refractivity contribution in [3.8, 4) is 0 Å². The molecule has 2 aromatic carbocycles. The lowest BCUT2D eigenvalue weighted by molar-refractivity contribution is 0.0931. The minimum Gasteiger partial charge on any atom is -0.459 e. The number of likely N-dealkylation sites (tertiary alicyclic amines) is 1. The van der Waals surface area contributed by atoms with Gasteiger partial charge in [-0.3, -0.25) is 9.69 Å². The number of carbonyl (C=O) groups excluding carboxylic acids is 1. The summed E-state index contributed by atoms with van der Waals surface area (Å²) < 4.78 is 18.6. The van der Waals surface area contributed by atoms with Crippen LogP contribution in [0.5, 0.6) is 0 Å². The van der Waals surface area contributed by atoms with Crippen molar-refractivity contribution in [2.75, 3.05) is 18.0 Å². The second-order valence-electron chi connectivity index (χ2n) is 7.81. The molecule has 0 aliphatic carbocycles. The molecule has 0 radical (unpaired) electrons. The molecule has 1 amide bonds. The van der Waals surface area contributed by atoms with Crippen molar-refractivity contribution in [2.45, 2.75) is 38.8 Å². The summed E-state index contributed by atoms with van der Waals surface area (Å²) in [5.74, 6) is 0.0585. The molecule has 0 spiro atoms. The van der Waals surface area contributed by atoms with Gasteiger partial charge in [0, 0.05) is 31.4 Å². The molecule has 0 N–H and O–H groups in total. The van der Waals surface area contributed by atoms with Gasteiger partial charge in [-0.05, 0) is 66.8 Å². The topological polar surface area (TPSA) is 36.7 Å².